The monoisotopic (exact) mass is 259 g/mol. The minimum atomic E-state index is -3.38. The van der Waals surface area contributed by atoms with Crippen molar-refractivity contribution >= 4 is 21.8 Å². The fourth-order valence-electron chi connectivity index (χ4n) is 1.26. The highest BCUT2D eigenvalue weighted by Gasteiger charge is 2.03. The Morgan fingerprint density at radius 3 is 2.71 bits per heavy atom. The van der Waals surface area contributed by atoms with Gasteiger partial charge in [0.1, 0.15) is 5.82 Å². The molecule has 17 heavy (non-hydrogen) atoms. The fourth-order valence-corrected chi connectivity index (χ4v) is 1.81. The highest BCUT2D eigenvalue weighted by Crippen LogP contribution is 2.08. The van der Waals surface area contributed by atoms with E-state index in [0.29, 0.717) is 24.7 Å². The molecule has 0 fully saturated rings. The second-order valence-corrected chi connectivity index (χ2v) is 5.35. The molecule has 4 N–H and O–H groups in total. The Labute approximate surface area is 101 Å². The lowest BCUT2D eigenvalue weighted by atomic mass is 10.4. The summed E-state index contributed by atoms with van der Waals surface area (Å²) in [6, 6.07) is 1.79. The molecular formula is C9H17N5O2S. The molecule has 0 radical (unpaired) electrons. The predicted octanol–water partition coefficient (Wildman–Crippen LogP) is -0.0828. The lowest BCUT2D eigenvalue weighted by molar-refractivity contribution is 0.595. The number of nitrogens with one attached hydrogen (secondary N) is 2. The molecule has 0 saturated heterocycles. The van der Waals surface area contributed by atoms with Crippen LogP contribution in [-0.4, -0.2) is 37.7 Å². The second kappa shape index (κ2) is 5.78. The van der Waals surface area contributed by atoms with Crippen molar-refractivity contribution in [3.8, 4) is 0 Å². The second-order valence-electron chi connectivity index (χ2n) is 3.62. The first kappa shape index (κ1) is 13.7. The summed E-state index contributed by atoms with van der Waals surface area (Å²) >= 11 is 0. The Morgan fingerprint density at radius 1 is 1.41 bits per heavy atom. The van der Waals surface area contributed by atoms with Crippen LogP contribution < -0.4 is 15.8 Å². The number of hydrogen-bond donors (Lipinski definition) is 3. The molecule has 0 aliphatic rings. The van der Waals surface area contributed by atoms with E-state index in [2.05, 4.69) is 20.6 Å². The van der Waals surface area contributed by atoms with E-state index in [1.807, 2.05) is 6.92 Å². The molecule has 1 rings (SSSR count). The minimum Gasteiger partial charge on any atom is -0.370 e. The smallest absolute Gasteiger partial charge is 0.224 e. The molecule has 1 aromatic heterocycles. The van der Waals surface area contributed by atoms with Gasteiger partial charge in [0.05, 0.1) is 5.75 Å². The molecule has 96 valence electrons. The van der Waals surface area contributed by atoms with E-state index in [-0.39, 0.29) is 5.75 Å². The number of aryl methyl sites for hydroxylation is 1. The number of primary sulfonamides is 1. The van der Waals surface area contributed by atoms with Crippen LogP contribution in [0, 0.1) is 6.92 Å². The highest BCUT2D eigenvalue weighted by molar-refractivity contribution is 7.89. The molecule has 7 nitrogen and oxygen atoms in total. The molecule has 0 aliphatic heterocycles. The lowest BCUT2D eigenvalue weighted by Gasteiger charge is -2.07. The molecule has 0 unspecified atom stereocenters. The summed E-state index contributed by atoms with van der Waals surface area (Å²) in [6.07, 6.45) is 0.441. The van der Waals surface area contributed by atoms with Crippen molar-refractivity contribution in [1.29, 1.82) is 0 Å². The molecule has 0 saturated carbocycles. The summed E-state index contributed by atoms with van der Waals surface area (Å²) in [6.45, 7) is 2.36. The molecule has 0 spiro atoms. The van der Waals surface area contributed by atoms with Crippen LogP contribution >= 0.6 is 0 Å². The Balaban J connectivity index is 2.49. The van der Waals surface area contributed by atoms with Crippen molar-refractivity contribution in [2.45, 2.75) is 13.3 Å². The van der Waals surface area contributed by atoms with Gasteiger partial charge >= 0.3 is 0 Å². The van der Waals surface area contributed by atoms with Gasteiger partial charge in [-0.05, 0) is 13.3 Å². The molecule has 1 aromatic rings. The van der Waals surface area contributed by atoms with Crippen LogP contribution in [0.3, 0.4) is 0 Å². The van der Waals surface area contributed by atoms with E-state index in [0.717, 1.165) is 5.69 Å². The van der Waals surface area contributed by atoms with Crippen molar-refractivity contribution in [2.24, 2.45) is 5.14 Å². The van der Waals surface area contributed by atoms with E-state index in [1.165, 1.54) is 0 Å². The van der Waals surface area contributed by atoms with Crippen molar-refractivity contribution < 1.29 is 8.42 Å². The Kier molecular flexibility index (Phi) is 4.64. The summed E-state index contributed by atoms with van der Waals surface area (Å²) in [5.41, 5.74) is 0.832. The maximum absolute atomic E-state index is 10.7. The number of nitrogens with zero attached hydrogens (tertiary/aromatic N) is 2. The SMILES string of the molecule is CNc1nc(C)cc(NCCCS(N)(=O)=O)n1. The molecule has 0 atom stereocenters. The summed E-state index contributed by atoms with van der Waals surface area (Å²) in [4.78, 5) is 8.31. The van der Waals surface area contributed by atoms with Gasteiger partial charge in [-0.3, -0.25) is 0 Å². The van der Waals surface area contributed by atoms with Crippen LogP contribution in [0.15, 0.2) is 6.07 Å². The number of aromatic nitrogens is 2. The molecule has 8 heteroatoms. The van der Waals surface area contributed by atoms with E-state index in [9.17, 15) is 8.42 Å². The quantitative estimate of drug-likeness (QED) is 0.616. The zero-order chi connectivity index (χ0) is 12.9. The molecule has 1 heterocycles. The van der Waals surface area contributed by atoms with Gasteiger partial charge in [0, 0.05) is 25.4 Å². The number of hydrogen-bond acceptors (Lipinski definition) is 6. The number of rotatable bonds is 6. The van der Waals surface area contributed by atoms with Gasteiger partial charge in [-0.25, -0.2) is 18.5 Å². The third-order valence-electron chi connectivity index (χ3n) is 1.99. The van der Waals surface area contributed by atoms with Gasteiger partial charge in [-0.2, -0.15) is 4.98 Å². The predicted molar refractivity (Wildman–Crippen MR) is 67.4 cm³/mol. The first-order chi connectivity index (χ1) is 7.90. The summed E-state index contributed by atoms with van der Waals surface area (Å²) < 4.78 is 21.4. The maximum atomic E-state index is 10.7. The van der Waals surface area contributed by atoms with Gasteiger partial charge in [0.25, 0.3) is 0 Å². The lowest BCUT2D eigenvalue weighted by Crippen LogP contribution is -2.19. The Hall–Kier alpha value is -1.41. The van der Waals surface area contributed by atoms with Gasteiger partial charge in [-0.15, -0.1) is 0 Å². The Morgan fingerprint density at radius 2 is 2.12 bits per heavy atom. The van der Waals surface area contributed by atoms with Gasteiger partial charge in [-0.1, -0.05) is 0 Å². The standard InChI is InChI=1S/C9H17N5O2S/c1-7-6-8(14-9(11-2)13-7)12-4-3-5-17(10,15)16/h6H,3-5H2,1-2H3,(H2,10,15,16)(H2,11,12,13,14). The van der Waals surface area contributed by atoms with Gasteiger partial charge < -0.3 is 10.6 Å². The van der Waals surface area contributed by atoms with E-state index < -0.39 is 10.0 Å². The molecule has 0 aromatic carbocycles. The zero-order valence-electron chi connectivity index (χ0n) is 9.90. The fraction of sp³-hybridized carbons (Fsp3) is 0.556. The molecule has 0 amide bonds. The normalized spacial score (nSPS) is 11.2. The van der Waals surface area contributed by atoms with Gasteiger partial charge in [0.15, 0.2) is 0 Å². The molecule has 0 aliphatic carbocycles. The van der Waals surface area contributed by atoms with E-state index >= 15 is 0 Å². The first-order valence-electron chi connectivity index (χ1n) is 5.18. The third-order valence-corrected chi connectivity index (χ3v) is 2.85. The molecular weight excluding hydrogens is 242 g/mol. The largest absolute Gasteiger partial charge is 0.370 e. The summed E-state index contributed by atoms with van der Waals surface area (Å²) in [5.74, 6) is 1.15. The summed E-state index contributed by atoms with van der Waals surface area (Å²) in [7, 11) is -1.65. The van der Waals surface area contributed by atoms with E-state index in [4.69, 9.17) is 5.14 Å². The van der Waals surface area contributed by atoms with E-state index in [1.54, 1.807) is 13.1 Å². The summed E-state index contributed by atoms with van der Waals surface area (Å²) in [5, 5.41) is 10.8. The highest BCUT2D eigenvalue weighted by atomic mass is 32.2. The van der Waals surface area contributed by atoms with Crippen LogP contribution in [0.5, 0.6) is 0 Å². The van der Waals surface area contributed by atoms with Crippen molar-refractivity contribution in [3.05, 3.63) is 11.8 Å². The number of sulfonamides is 1. The number of anilines is 2. The maximum Gasteiger partial charge on any atom is 0.224 e. The van der Waals surface area contributed by atoms with Crippen LogP contribution in [0.1, 0.15) is 12.1 Å². The van der Waals surface area contributed by atoms with Crippen LogP contribution in [0.2, 0.25) is 0 Å². The first-order valence-corrected chi connectivity index (χ1v) is 6.90. The van der Waals surface area contributed by atoms with Gasteiger partial charge in [0.2, 0.25) is 16.0 Å². The van der Waals surface area contributed by atoms with Crippen LogP contribution in [0.25, 0.3) is 0 Å². The van der Waals surface area contributed by atoms with Crippen molar-refractivity contribution in [3.63, 3.8) is 0 Å². The minimum absolute atomic E-state index is 0.0387. The van der Waals surface area contributed by atoms with Crippen LogP contribution in [-0.2, 0) is 10.0 Å². The number of nitrogens with two attached hydrogens (primary N) is 1. The average molecular weight is 259 g/mol. The average Bonchev–Trinajstić information content (AvgIpc) is 2.22. The topological polar surface area (TPSA) is 110 Å². The van der Waals surface area contributed by atoms with Crippen molar-refractivity contribution in [2.75, 3.05) is 30.0 Å². The zero-order valence-corrected chi connectivity index (χ0v) is 10.7. The van der Waals surface area contributed by atoms with Crippen molar-refractivity contribution in [1.82, 2.24) is 9.97 Å². The Bertz CT molecular complexity index is 474. The van der Waals surface area contributed by atoms with Crippen LogP contribution in [0.4, 0.5) is 11.8 Å². The molecule has 0 bridgehead atoms. The third kappa shape index (κ3) is 5.45.